The fourth-order valence-corrected chi connectivity index (χ4v) is 4.50. The number of likely N-dealkylation sites (tertiary alicyclic amines) is 1. The van der Waals surface area contributed by atoms with Gasteiger partial charge in [-0.25, -0.2) is 0 Å². The lowest BCUT2D eigenvalue weighted by Gasteiger charge is -2.25. The normalized spacial score (nSPS) is 17.9. The molecule has 1 N–H and O–H groups in total. The summed E-state index contributed by atoms with van der Waals surface area (Å²) in [5.41, 5.74) is 2.78. The van der Waals surface area contributed by atoms with Crippen molar-refractivity contribution in [2.45, 2.75) is 45.6 Å². The summed E-state index contributed by atoms with van der Waals surface area (Å²) in [5, 5.41) is 13.2. The third-order valence-electron chi connectivity index (χ3n) is 6.29. The lowest BCUT2D eigenvalue weighted by Crippen LogP contribution is -2.30. The first kappa shape index (κ1) is 21.8. The van der Waals surface area contributed by atoms with Crippen molar-refractivity contribution in [1.29, 1.82) is 0 Å². The van der Waals surface area contributed by atoms with Gasteiger partial charge in [-0.15, -0.1) is 0 Å². The van der Waals surface area contributed by atoms with Gasteiger partial charge in [0.1, 0.15) is 5.76 Å². The van der Waals surface area contributed by atoms with E-state index < -0.39 is 17.7 Å². The summed E-state index contributed by atoms with van der Waals surface area (Å²) in [6, 6.07) is 20.8. The molecule has 1 unspecified atom stereocenters. The van der Waals surface area contributed by atoms with Crippen LogP contribution in [0.2, 0.25) is 0 Å². The van der Waals surface area contributed by atoms with Crippen LogP contribution in [0.4, 0.5) is 0 Å². The number of aliphatic hydroxyl groups is 1. The van der Waals surface area contributed by atoms with Crippen LogP contribution < -0.4 is 0 Å². The van der Waals surface area contributed by atoms with E-state index in [-0.39, 0.29) is 11.3 Å². The zero-order valence-corrected chi connectivity index (χ0v) is 18.7. The highest BCUT2D eigenvalue weighted by Crippen LogP contribution is 2.40. The van der Waals surface area contributed by atoms with Gasteiger partial charge in [0.25, 0.3) is 11.7 Å². The van der Waals surface area contributed by atoms with Crippen LogP contribution in [0.15, 0.2) is 72.3 Å². The zero-order chi connectivity index (χ0) is 22.7. The average Bonchev–Trinajstić information content (AvgIpc) is 3.08. The number of ketones is 1. The van der Waals surface area contributed by atoms with Gasteiger partial charge in [-0.2, -0.15) is 0 Å². The number of carbonyl (C=O) groups is 2. The van der Waals surface area contributed by atoms with Crippen LogP contribution in [0.25, 0.3) is 16.5 Å². The molecule has 1 aliphatic rings. The fraction of sp³-hybridized carbons (Fsp3) is 0.286. The third kappa shape index (κ3) is 3.93. The van der Waals surface area contributed by atoms with Gasteiger partial charge < -0.3 is 10.0 Å². The minimum atomic E-state index is -0.614. The van der Waals surface area contributed by atoms with E-state index in [0.29, 0.717) is 12.1 Å². The second-order valence-electron chi connectivity index (χ2n) is 8.32. The first-order valence-corrected chi connectivity index (χ1v) is 11.4. The number of aryl methyl sites for hydroxylation is 1. The Hall–Kier alpha value is -3.40. The summed E-state index contributed by atoms with van der Waals surface area (Å²) in [4.78, 5) is 27.9. The summed E-state index contributed by atoms with van der Waals surface area (Å²) in [7, 11) is 0. The van der Waals surface area contributed by atoms with E-state index in [1.54, 1.807) is 11.0 Å². The predicted octanol–water partition coefficient (Wildman–Crippen LogP) is 6.01. The molecule has 4 rings (SSSR count). The molecule has 1 fully saturated rings. The van der Waals surface area contributed by atoms with E-state index in [2.05, 4.69) is 13.8 Å². The largest absolute Gasteiger partial charge is 0.507 e. The molecular weight excluding hydrogens is 398 g/mol. The lowest BCUT2D eigenvalue weighted by atomic mass is 9.92. The molecule has 1 heterocycles. The molecule has 0 saturated carbocycles. The second-order valence-corrected chi connectivity index (χ2v) is 8.32. The molecular formula is C28H29NO3. The van der Waals surface area contributed by atoms with Crippen LogP contribution in [0, 0.1) is 0 Å². The van der Waals surface area contributed by atoms with Gasteiger partial charge >= 0.3 is 0 Å². The van der Waals surface area contributed by atoms with E-state index in [4.69, 9.17) is 0 Å². The Morgan fingerprint density at radius 3 is 2.34 bits per heavy atom. The molecule has 164 valence electrons. The molecule has 4 heteroatoms. The highest BCUT2D eigenvalue weighted by Gasteiger charge is 2.45. The van der Waals surface area contributed by atoms with Crippen molar-refractivity contribution < 1.29 is 14.7 Å². The zero-order valence-electron chi connectivity index (χ0n) is 18.7. The Morgan fingerprint density at radius 2 is 1.62 bits per heavy atom. The Morgan fingerprint density at radius 1 is 0.906 bits per heavy atom. The van der Waals surface area contributed by atoms with Crippen LogP contribution in [-0.2, 0) is 16.0 Å². The molecule has 1 saturated heterocycles. The first-order valence-electron chi connectivity index (χ1n) is 11.4. The maximum atomic E-state index is 13.2. The number of Topliss-reactive ketones (excluding diaryl/α,β-unsaturated/α-hetero) is 1. The highest BCUT2D eigenvalue weighted by molar-refractivity contribution is 6.46. The minimum absolute atomic E-state index is 0.109. The molecule has 1 atom stereocenters. The molecule has 0 aliphatic carbocycles. The summed E-state index contributed by atoms with van der Waals surface area (Å²) in [6.45, 7) is 4.69. The van der Waals surface area contributed by atoms with E-state index in [9.17, 15) is 14.7 Å². The van der Waals surface area contributed by atoms with Gasteiger partial charge in [0.2, 0.25) is 0 Å². The molecule has 3 aromatic carbocycles. The summed E-state index contributed by atoms with van der Waals surface area (Å²) in [5.74, 6) is -1.26. The van der Waals surface area contributed by atoms with Crippen LogP contribution in [0.3, 0.4) is 0 Å². The number of benzene rings is 3. The number of nitrogens with zero attached hydrogens (tertiary/aromatic N) is 1. The van der Waals surface area contributed by atoms with Gasteiger partial charge in [-0.1, -0.05) is 93.4 Å². The van der Waals surface area contributed by atoms with Crippen molar-refractivity contribution in [3.63, 3.8) is 0 Å². The summed E-state index contributed by atoms with van der Waals surface area (Å²) < 4.78 is 0. The van der Waals surface area contributed by atoms with E-state index in [0.717, 1.165) is 42.0 Å². The van der Waals surface area contributed by atoms with Crippen LogP contribution in [-0.4, -0.2) is 28.2 Å². The van der Waals surface area contributed by atoms with Crippen molar-refractivity contribution in [2.24, 2.45) is 0 Å². The molecule has 4 nitrogen and oxygen atoms in total. The molecule has 0 aromatic heterocycles. The number of aliphatic hydroxyl groups excluding tert-OH is 1. The van der Waals surface area contributed by atoms with E-state index in [1.807, 2.05) is 60.7 Å². The summed E-state index contributed by atoms with van der Waals surface area (Å²) >= 11 is 0. The smallest absolute Gasteiger partial charge is 0.295 e. The molecule has 3 aromatic rings. The standard InChI is InChI=1S/C28H29NO3/c1-3-5-8-18-29-25(21-16-14-19(4-2)15-17-21)24(27(31)28(29)32)26(30)23-13-9-11-20-10-6-7-12-22(20)23/h6-7,9-17,25,30H,3-5,8,18H2,1-2H3/b26-24-. The third-order valence-corrected chi connectivity index (χ3v) is 6.29. The number of carbonyl (C=O) groups excluding carboxylic acids is 2. The highest BCUT2D eigenvalue weighted by atomic mass is 16.3. The van der Waals surface area contributed by atoms with Gasteiger partial charge in [-0.3, -0.25) is 9.59 Å². The molecule has 1 amide bonds. The van der Waals surface area contributed by atoms with Crippen LogP contribution >= 0.6 is 0 Å². The fourth-order valence-electron chi connectivity index (χ4n) is 4.50. The molecule has 1 aliphatic heterocycles. The number of unbranched alkanes of at least 4 members (excludes halogenated alkanes) is 2. The Labute approximate surface area is 189 Å². The number of hydrogen-bond acceptors (Lipinski definition) is 3. The lowest BCUT2D eigenvalue weighted by molar-refractivity contribution is -0.139. The quantitative estimate of drug-likeness (QED) is 0.217. The molecule has 0 radical (unpaired) electrons. The molecule has 0 spiro atoms. The van der Waals surface area contributed by atoms with E-state index in [1.165, 1.54) is 5.56 Å². The summed E-state index contributed by atoms with van der Waals surface area (Å²) in [6.07, 6.45) is 3.73. The van der Waals surface area contributed by atoms with Gasteiger partial charge in [0.05, 0.1) is 11.6 Å². The maximum absolute atomic E-state index is 13.2. The van der Waals surface area contributed by atoms with Crippen molar-refractivity contribution in [3.05, 3.63) is 89.0 Å². The van der Waals surface area contributed by atoms with Crippen molar-refractivity contribution in [2.75, 3.05) is 6.54 Å². The van der Waals surface area contributed by atoms with Gasteiger partial charge in [0.15, 0.2) is 0 Å². The Bertz CT molecular complexity index is 1170. The van der Waals surface area contributed by atoms with Crippen molar-refractivity contribution in [1.82, 2.24) is 4.90 Å². The molecule has 0 bridgehead atoms. The first-order chi connectivity index (χ1) is 15.6. The average molecular weight is 428 g/mol. The van der Waals surface area contributed by atoms with Crippen molar-refractivity contribution in [3.8, 4) is 0 Å². The van der Waals surface area contributed by atoms with E-state index >= 15 is 0 Å². The van der Waals surface area contributed by atoms with Crippen LogP contribution in [0.1, 0.15) is 55.8 Å². The minimum Gasteiger partial charge on any atom is -0.507 e. The monoisotopic (exact) mass is 427 g/mol. The number of hydrogen-bond donors (Lipinski definition) is 1. The number of fused-ring (bicyclic) bond motifs is 1. The predicted molar refractivity (Wildman–Crippen MR) is 128 cm³/mol. The van der Waals surface area contributed by atoms with Gasteiger partial charge in [-0.05, 0) is 34.7 Å². The van der Waals surface area contributed by atoms with Crippen molar-refractivity contribution >= 4 is 28.2 Å². The Balaban J connectivity index is 1.88. The second kappa shape index (κ2) is 9.39. The molecule has 32 heavy (non-hydrogen) atoms. The Kier molecular flexibility index (Phi) is 6.40. The number of amides is 1. The topological polar surface area (TPSA) is 57.6 Å². The van der Waals surface area contributed by atoms with Crippen LogP contribution in [0.5, 0.6) is 0 Å². The van der Waals surface area contributed by atoms with Gasteiger partial charge in [0, 0.05) is 12.1 Å². The number of rotatable bonds is 7. The maximum Gasteiger partial charge on any atom is 0.295 e. The SMILES string of the molecule is CCCCCN1C(=O)C(=O)/C(=C(\O)c2cccc3ccccc23)C1c1ccc(CC)cc1.